The number of aromatic nitrogens is 1. The van der Waals surface area contributed by atoms with E-state index in [0.29, 0.717) is 18.9 Å². The molecule has 2 N–H and O–H groups in total. The molecule has 0 saturated carbocycles. The number of halogens is 2. The van der Waals surface area contributed by atoms with Gasteiger partial charge in [-0.15, -0.1) is 0 Å². The molecule has 1 aromatic rings. The third-order valence-corrected chi connectivity index (χ3v) is 4.03. The minimum Gasteiger partial charge on any atom is -0.465 e. The van der Waals surface area contributed by atoms with Crippen LogP contribution in [0.3, 0.4) is 0 Å². The molecule has 1 aliphatic rings. The van der Waals surface area contributed by atoms with E-state index >= 15 is 0 Å². The molecule has 1 amide bonds. The van der Waals surface area contributed by atoms with Crippen LogP contribution in [0.2, 0.25) is 0 Å². The Labute approximate surface area is 146 Å². The van der Waals surface area contributed by atoms with Crippen molar-refractivity contribution in [1.82, 2.24) is 10.3 Å². The molecule has 1 aliphatic heterocycles. The molecule has 0 aliphatic carbocycles. The summed E-state index contributed by atoms with van der Waals surface area (Å²) in [4.78, 5) is 17.1. The van der Waals surface area contributed by atoms with Crippen LogP contribution >= 0.6 is 0 Å². The summed E-state index contributed by atoms with van der Waals surface area (Å²) in [5, 5.41) is 12.4. The van der Waals surface area contributed by atoms with Crippen LogP contribution in [0.5, 0.6) is 0 Å². The second kappa shape index (κ2) is 10.2. The second-order valence-electron chi connectivity index (χ2n) is 6.00. The van der Waals surface area contributed by atoms with Crippen LogP contribution in [0.15, 0.2) is 12.1 Å². The second-order valence-corrected chi connectivity index (χ2v) is 6.00. The molecule has 0 radical (unpaired) electrons. The maximum atomic E-state index is 11.9. The Balaban J connectivity index is 1.66. The number of amides is 1. The number of pyridine rings is 1. The topological polar surface area (TPSA) is 74.7 Å². The summed E-state index contributed by atoms with van der Waals surface area (Å²) < 4.78 is 28.5. The number of rotatable bonds is 10. The lowest BCUT2D eigenvalue weighted by atomic mass is 10.0. The number of anilines is 1. The fraction of sp³-hybridized carbons (Fsp3) is 0.647. The summed E-state index contributed by atoms with van der Waals surface area (Å²) in [7, 11) is 0. The maximum absolute atomic E-state index is 11.9. The minimum absolute atomic E-state index is 0.280. The molecule has 140 valence electrons. The van der Waals surface area contributed by atoms with Gasteiger partial charge in [0.15, 0.2) is 0 Å². The Morgan fingerprint density at radius 2 is 2.20 bits per heavy atom. The Morgan fingerprint density at radius 1 is 1.36 bits per heavy atom. The summed E-state index contributed by atoms with van der Waals surface area (Å²) in [5.74, 6) is 0.575. The van der Waals surface area contributed by atoms with E-state index in [1.54, 1.807) is 0 Å². The molecule has 0 spiro atoms. The van der Waals surface area contributed by atoms with Crippen LogP contribution < -0.4 is 10.2 Å². The van der Waals surface area contributed by atoms with Crippen molar-refractivity contribution < 1.29 is 23.4 Å². The van der Waals surface area contributed by atoms with Gasteiger partial charge in [0, 0.05) is 18.8 Å². The molecule has 0 unspecified atom stereocenters. The van der Waals surface area contributed by atoms with Crippen molar-refractivity contribution in [3.63, 3.8) is 0 Å². The van der Waals surface area contributed by atoms with Crippen LogP contribution in [-0.4, -0.2) is 55.5 Å². The predicted molar refractivity (Wildman–Crippen MR) is 90.6 cm³/mol. The highest BCUT2D eigenvalue weighted by Crippen LogP contribution is 2.25. The van der Waals surface area contributed by atoms with Crippen LogP contribution in [0.4, 0.5) is 19.4 Å². The van der Waals surface area contributed by atoms with E-state index in [4.69, 9.17) is 4.74 Å². The molecule has 0 atom stereocenters. The summed E-state index contributed by atoms with van der Waals surface area (Å²) in [6.07, 6.45) is 0.950. The average Bonchev–Trinajstić information content (AvgIpc) is 2.59. The van der Waals surface area contributed by atoms with Gasteiger partial charge in [-0.25, -0.2) is 18.6 Å². The summed E-state index contributed by atoms with van der Waals surface area (Å²) in [6, 6.07) is 3.95. The Morgan fingerprint density at radius 3 is 2.96 bits per heavy atom. The third-order valence-electron chi connectivity index (χ3n) is 4.03. The van der Waals surface area contributed by atoms with E-state index in [-0.39, 0.29) is 6.61 Å². The van der Waals surface area contributed by atoms with Crippen molar-refractivity contribution in [3.8, 4) is 0 Å². The zero-order valence-corrected chi connectivity index (χ0v) is 14.2. The highest BCUT2D eigenvalue weighted by Gasteiger charge is 2.23. The van der Waals surface area contributed by atoms with Crippen molar-refractivity contribution in [2.45, 2.75) is 38.5 Å². The Hall–Kier alpha value is -1.80. The highest BCUT2D eigenvalue weighted by molar-refractivity contribution is 5.86. The zero-order chi connectivity index (χ0) is 18.1. The number of nitrogens with one attached hydrogen (secondary N) is 1. The lowest BCUT2D eigenvalue weighted by Gasteiger charge is -2.26. The average molecular weight is 357 g/mol. The predicted octanol–water partition coefficient (Wildman–Crippen LogP) is 2.71. The molecule has 0 bridgehead atoms. The first-order valence-electron chi connectivity index (χ1n) is 8.64. The first-order chi connectivity index (χ1) is 12.1. The van der Waals surface area contributed by atoms with Gasteiger partial charge >= 0.3 is 6.09 Å². The van der Waals surface area contributed by atoms with E-state index in [9.17, 15) is 18.7 Å². The van der Waals surface area contributed by atoms with E-state index < -0.39 is 19.1 Å². The van der Waals surface area contributed by atoms with Gasteiger partial charge in [-0.3, -0.25) is 4.90 Å². The Bertz CT molecular complexity index is 558. The number of unbranched alkanes of at least 4 members (excludes halogenated alkanes) is 1. The van der Waals surface area contributed by atoms with Gasteiger partial charge in [0.25, 0.3) is 6.43 Å². The lowest BCUT2D eigenvalue weighted by molar-refractivity contribution is 0.0188. The zero-order valence-electron chi connectivity index (χ0n) is 14.2. The number of ether oxygens (including phenoxy) is 1. The number of hydrogen-bond donors (Lipinski definition) is 2. The largest absolute Gasteiger partial charge is 0.465 e. The van der Waals surface area contributed by atoms with Crippen LogP contribution in [0, 0.1) is 0 Å². The standard InChI is InChI=1S/C17H25F2N3O3/c18-15(19)12-25-11-9-20-8-2-1-5-14-7-6-13-4-3-10-22(17(23)24)16(13)21-14/h6-7,15,20H,1-5,8-12H2,(H,23,24). The van der Waals surface area contributed by atoms with E-state index in [1.165, 1.54) is 4.90 Å². The van der Waals surface area contributed by atoms with Crippen molar-refractivity contribution in [2.24, 2.45) is 0 Å². The van der Waals surface area contributed by atoms with Crippen molar-refractivity contribution in [2.75, 3.05) is 37.7 Å². The number of carbonyl (C=O) groups is 1. The molecule has 1 aromatic heterocycles. The molecule has 8 heteroatoms. The smallest absolute Gasteiger partial charge is 0.413 e. The molecule has 0 aromatic carbocycles. The fourth-order valence-electron chi connectivity index (χ4n) is 2.80. The third kappa shape index (κ3) is 6.55. The summed E-state index contributed by atoms with van der Waals surface area (Å²) >= 11 is 0. The molecule has 6 nitrogen and oxygen atoms in total. The number of fused-ring (bicyclic) bond motifs is 1. The van der Waals surface area contributed by atoms with Gasteiger partial charge in [-0.2, -0.15) is 0 Å². The van der Waals surface area contributed by atoms with Crippen molar-refractivity contribution in [3.05, 3.63) is 23.4 Å². The first kappa shape index (κ1) is 19.5. The quantitative estimate of drug-likeness (QED) is 0.630. The number of carboxylic acid groups (broad SMARTS) is 1. The molecular formula is C17H25F2N3O3. The van der Waals surface area contributed by atoms with Gasteiger partial charge in [-0.05, 0) is 50.3 Å². The molecule has 0 fully saturated rings. The van der Waals surface area contributed by atoms with E-state index in [2.05, 4.69) is 10.3 Å². The van der Waals surface area contributed by atoms with E-state index in [0.717, 1.165) is 49.9 Å². The normalized spacial score (nSPS) is 14.0. The SMILES string of the molecule is O=C(O)N1CCCc2ccc(CCCCNCCOCC(F)F)nc21. The fourth-order valence-corrected chi connectivity index (χ4v) is 2.80. The highest BCUT2D eigenvalue weighted by atomic mass is 19.3. The first-order valence-corrected chi connectivity index (χ1v) is 8.64. The minimum atomic E-state index is -2.42. The number of hydrogen-bond acceptors (Lipinski definition) is 4. The van der Waals surface area contributed by atoms with Gasteiger partial charge in [0.05, 0.1) is 6.61 Å². The van der Waals surface area contributed by atoms with Crippen LogP contribution in [-0.2, 0) is 17.6 Å². The molecule has 25 heavy (non-hydrogen) atoms. The molecule has 2 rings (SSSR count). The lowest BCUT2D eigenvalue weighted by Crippen LogP contribution is -2.35. The summed E-state index contributed by atoms with van der Waals surface area (Å²) in [6.45, 7) is 1.60. The maximum Gasteiger partial charge on any atom is 0.413 e. The van der Waals surface area contributed by atoms with Gasteiger partial charge in [0.2, 0.25) is 0 Å². The van der Waals surface area contributed by atoms with Crippen LogP contribution in [0.25, 0.3) is 0 Å². The van der Waals surface area contributed by atoms with Gasteiger partial charge in [-0.1, -0.05) is 6.07 Å². The van der Waals surface area contributed by atoms with E-state index in [1.807, 2.05) is 12.1 Å². The van der Waals surface area contributed by atoms with Crippen molar-refractivity contribution >= 4 is 11.9 Å². The molecule has 0 saturated heterocycles. The summed E-state index contributed by atoms with van der Waals surface area (Å²) in [5.41, 5.74) is 1.88. The number of alkyl halides is 2. The number of aryl methyl sites for hydroxylation is 2. The number of nitrogens with zero attached hydrogens (tertiary/aromatic N) is 2. The molecular weight excluding hydrogens is 332 g/mol. The van der Waals surface area contributed by atoms with Crippen LogP contribution in [0.1, 0.15) is 30.5 Å². The van der Waals surface area contributed by atoms with Gasteiger partial charge < -0.3 is 15.2 Å². The van der Waals surface area contributed by atoms with Crippen molar-refractivity contribution in [1.29, 1.82) is 0 Å². The Kier molecular flexibility index (Phi) is 8.00. The molecule has 2 heterocycles. The monoisotopic (exact) mass is 357 g/mol. The van der Waals surface area contributed by atoms with Gasteiger partial charge in [0.1, 0.15) is 12.4 Å².